The molecule has 1 N–H and O–H groups in total. The third-order valence-electron chi connectivity index (χ3n) is 3.23. The summed E-state index contributed by atoms with van der Waals surface area (Å²) in [6, 6.07) is 4.14. The van der Waals surface area contributed by atoms with Crippen molar-refractivity contribution in [1.82, 2.24) is 15.3 Å². The quantitative estimate of drug-likeness (QED) is 0.779. The zero-order chi connectivity index (χ0) is 15.2. The fourth-order valence-corrected chi connectivity index (χ4v) is 3.24. The Bertz CT molecular complexity index is 575. The number of hydrogen-bond donors (Lipinski definition) is 1. The first kappa shape index (κ1) is 16.1. The van der Waals surface area contributed by atoms with Gasteiger partial charge < -0.3 is 5.32 Å². The molecule has 0 saturated carbocycles. The van der Waals surface area contributed by atoms with E-state index in [0.29, 0.717) is 5.92 Å². The number of pyridine rings is 1. The molecule has 0 fully saturated rings. The van der Waals surface area contributed by atoms with E-state index in [1.807, 2.05) is 12.3 Å². The number of aryl methyl sites for hydroxylation is 1. The Morgan fingerprint density at radius 3 is 2.81 bits per heavy atom. The Morgan fingerprint density at radius 1 is 1.33 bits per heavy atom. The van der Waals surface area contributed by atoms with Crippen LogP contribution in [-0.4, -0.2) is 16.5 Å². The van der Waals surface area contributed by atoms with Crippen LogP contribution >= 0.6 is 11.3 Å². The molecule has 0 radical (unpaired) electrons. The first-order valence-electron chi connectivity index (χ1n) is 7.72. The van der Waals surface area contributed by atoms with Crippen molar-refractivity contribution in [1.29, 1.82) is 0 Å². The number of thiazole rings is 1. The van der Waals surface area contributed by atoms with Crippen molar-refractivity contribution in [2.24, 2.45) is 5.92 Å². The fourth-order valence-electron chi connectivity index (χ4n) is 2.21. The molecule has 3 nitrogen and oxygen atoms in total. The van der Waals surface area contributed by atoms with Crippen LogP contribution in [0.1, 0.15) is 43.3 Å². The van der Waals surface area contributed by atoms with Gasteiger partial charge in [-0.2, -0.15) is 0 Å². The number of hydrogen-bond acceptors (Lipinski definition) is 4. The van der Waals surface area contributed by atoms with E-state index in [9.17, 15) is 0 Å². The summed E-state index contributed by atoms with van der Waals surface area (Å²) in [5, 5.41) is 4.54. The summed E-state index contributed by atoms with van der Waals surface area (Å²) in [4.78, 5) is 10.7. The smallest absolute Gasteiger partial charge is 0.142 e. The molecule has 0 spiro atoms. The first-order valence-corrected chi connectivity index (χ1v) is 8.54. The van der Waals surface area contributed by atoms with Crippen molar-refractivity contribution >= 4 is 11.3 Å². The minimum absolute atomic E-state index is 0.621. The molecule has 2 heterocycles. The Labute approximate surface area is 131 Å². The first-order chi connectivity index (χ1) is 10.1. The van der Waals surface area contributed by atoms with Crippen LogP contribution in [0.5, 0.6) is 0 Å². The maximum Gasteiger partial charge on any atom is 0.142 e. The van der Waals surface area contributed by atoms with Crippen molar-refractivity contribution in [2.45, 2.75) is 47.1 Å². The molecule has 2 aromatic heterocycles. The predicted octanol–water partition coefficient (Wildman–Crippen LogP) is 4.21. The van der Waals surface area contributed by atoms with Crippen LogP contribution in [0.4, 0.5) is 0 Å². The van der Waals surface area contributed by atoms with Crippen molar-refractivity contribution in [2.75, 3.05) is 6.54 Å². The minimum Gasteiger partial charge on any atom is -0.312 e. The topological polar surface area (TPSA) is 37.8 Å². The van der Waals surface area contributed by atoms with Crippen LogP contribution in [0, 0.1) is 12.8 Å². The largest absolute Gasteiger partial charge is 0.312 e. The number of nitrogens with zero attached hydrogens (tertiary/aromatic N) is 2. The molecular formula is C17H25N3S. The van der Waals surface area contributed by atoms with Crippen LogP contribution in [0.25, 0.3) is 10.7 Å². The lowest BCUT2D eigenvalue weighted by Gasteiger charge is -2.05. The summed E-state index contributed by atoms with van der Waals surface area (Å²) in [7, 11) is 0. The molecule has 0 aliphatic heterocycles. The Hall–Kier alpha value is -1.26. The second kappa shape index (κ2) is 7.66. The molecule has 0 aliphatic carbocycles. The van der Waals surface area contributed by atoms with Crippen LogP contribution in [0.3, 0.4) is 0 Å². The van der Waals surface area contributed by atoms with Gasteiger partial charge >= 0.3 is 0 Å². The van der Waals surface area contributed by atoms with Crippen LogP contribution in [0.15, 0.2) is 18.3 Å². The molecule has 0 saturated heterocycles. The van der Waals surface area contributed by atoms with Crippen LogP contribution < -0.4 is 5.32 Å². The fraction of sp³-hybridized carbons (Fsp3) is 0.529. The summed E-state index contributed by atoms with van der Waals surface area (Å²) in [6.45, 7) is 10.7. The number of rotatable bonds is 7. The van der Waals surface area contributed by atoms with Crippen molar-refractivity contribution in [3.05, 3.63) is 34.5 Å². The van der Waals surface area contributed by atoms with Gasteiger partial charge in [-0.1, -0.05) is 20.8 Å². The lowest BCUT2D eigenvalue weighted by atomic mass is 10.1. The van der Waals surface area contributed by atoms with Crippen molar-refractivity contribution in [3.8, 4) is 10.7 Å². The van der Waals surface area contributed by atoms with Crippen LogP contribution in [-0.2, 0) is 13.0 Å². The standard InChI is InChI=1S/C17H25N3S/c1-5-7-18-11-16-14(9-12(2)3)20-17(21-16)15-10-13(4)6-8-19-15/h6,8,10,12,18H,5,7,9,11H2,1-4H3. The molecule has 21 heavy (non-hydrogen) atoms. The average molecular weight is 303 g/mol. The maximum atomic E-state index is 4.86. The summed E-state index contributed by atoms with van der Waals surface area (Å²) >= 11 is 1.78. The highest BCUT2D eigenvalue weighted by atomic mass is 32.1. The number of aromatic nitrogens is 2. The average Bonchev–Trinajstić information content (AvgIpc) is 2.81. The van der Waals surface area contributed by atoms with E-state index in [2.05, 4.69) is 44.1 Å². The SMILES string of the molecule is CCCNCc1sc(-c2cc(C)ccn2)nc1CC(C)C. The van der Waals surface area contributed by atoms with E-state index in [1.165, 1.54) is 16.1 Å². The van der Waals surface area contributed by atoms with Gasteiger partial charge in [0.05, 0.1) is 11.4 Å². The molecule has 0 aromatic carbocycles. The van der Waals surface area contributed by atoms with Crippen LogP contribution in [0.2, 0.25) is 0 Å². The molecule has 114 valence electrons. The van der Waals surface area contributed by atoms with Gasteiger partial charge in [-0.25, -0.2) is 4.98 Å². The summed E-state index contributed by atoms with van der Waals surface area (Å²) in [5.74, 6) is 0.621. The minimum atomic E-state index is 0.621. The van der Waals surface area contributed by atoms with Gasteiger partial charge in [0, 0.05) is 17.6 Å². The molecule has 2 rings (SSSR count). The normalized spacial score (nSPS) is 11.3. The highest BCUT2D eigenvalue weighted by Gasteiger charge is 2.14. The molecule has 0 unspecified atom stereocenters. The van der Waals surface area contributed by atoms with E-state index in [0.717, 1.165) is 36.6 Å². The monoisotopic (exact) mass is 303 g/mol. The van der Waals surface area contributed by atoms with Crippen molar-refractivity contribution in [3.63, 3.8) is 0 Å². The Balaban J connectivity index is 2.26. The summed E-state index contributed by atoms with van der Waals surface area (Å²) < 4.78 is 0. The Kier molecular flexibility index (Phi) is 5.88. The van der Waals surface area contributed by atoms with Gasteiger partial charge in [-0.05, 0) is 49.9 Å². The Morgan fingerprint density at radius 2 is 2.14 bits per heavy atom. The van der Waals surface area contributed by atoms with E-state index in [-0.39, 0.29) is 0 Å². The maximum absolute atomic E-state index is 4.86. The second-order valence-corrected chi connectivity index (χ2v) is 6.97. The molecule has 0 bridgehead atoms. The third kappa shape index (κ3) is 4.61. The molecule has 4 heteroatoms. The van der Waals surface area contributed by atoms with Gasteiger partial charge in [0.15, 0.2) is 0 Å². The van der Waals surface area contributed by atoms with E-state index in [4.69, 9.17) is 4.98 Å². The molecule has 0 aliphatic rings. The lowest BCUT2D eigenvalue weighted by Crippen LogP contribution is -2.14. The van der Waals surface area contributed by atoms with Gasteiger partial charge in [0.2, 0.25) is 0 Å². The van der Waals surface area contributed by atoms with Crippen molar-refractivity contribution < 1.29 is 0 Å². The molecule has 2 aromatic rings. The van der Waals surface area contributed by atoms with Gasteiger partial charge in [-0.15, -0.1) is 11.3 Å². The van der Waals surface area contributed by atoms with Gasteiger partial charge in [0.25, 0.3) is 0 Å². The van der Waals surface area contributed by atoms with Gasteiger partial charge in [-0.3, -0.25) is 4.98 Å². The predicted molar refractivity (Wildman–Crippen MR) is 90.6 cm³/mol. The van der Waals surface area contributed by atoms with E-state index >= 15 is 0 Å². The van der Waals surface area contributed by atoms with E-state index in [1.54, 1.807) is 11.3 Å². The molecular weight excluding hydrogens is 278 g/mol. The summed E-state index contributed by atoms with van der Waals surface area (Å²) in [5.41, 5.74) is 3.45. The zero-order valence-corrected chi connectivity index (χ0v) is 14.3. The zero-order valence-electron chi connectivity index (χ0n) is 13.4. The highest BCUT2D eigenvalue weighted by molar-refractivity contribution is 7.15. The highest BCUT2D eigenvalue weighted by Crippen LogP contribution is 2.28. The number of nitrogens with one attached hydrogen (secondary N) is 1. The van der Waals surface area contributed by atoms with Gasteiger partial charge in [0.1, 0.15) is 5.01 Å². The molecule has 0 atom stereocenters. The second-order valence-electron chi connectivity index (χ2n) is 5.88. The summed E-state index contributed by atoms with van der Waals surface area (Å²) in [6.07, 6.45) is 4.05. The third-order valence-corrected chi connectivity index (χ3v) is 4.35. The molecule has 0 amide bonds. The van der Waals surface area contributed by atoms with E-state index < -0.39 is 0 Å². The lowest BCUT2D eigenvalue weighted by molar-refractivity contribution is 0.623.